The molecule has 0 saturated carbocycles. The first-order chi connectivity index (χ1) is 20.4. The topological polar surface area (TPSA) is 98.4 Å². The summed E-state index contributed by atoms with van der Waals surface area (Å²) in [5.74, 6) is 0.186. The van der Waals surface area contributed by atoms with Crippen molar-refractivity contribution >= 4 is 28.6 Å². The molecule has 2 aromatic heterocycles. The van der Waals surface area contributed by atoms with Crippen LogP contribution in [0.3, 0.4) is 0 Å². The lowest BCUT2D eigenvalue weighted by molar-refractivity contribution is -0.136. The highest BCUT2D eigenvalue weighted by Gasteiger charge is 2.28. The smallest absolute Gasteiger partial charge is 0.307 e. The second-order valence-electron chi connectivity index (χ2n) is 12.0. The number of carboxylic acids is 1. The van der Waals surface area contributed by atoms with E-state index in [1.54, 1.807) is 6.92 Å². The van der Waals surface area contributed by atoms with Crippen LogP contribution >= 0.6 is 0 Å². The van der Waals surface area contributed by atoms with Gasteiger partial charge in [0.2, 0.25) is 0 Å². The van der Waals surface area contributed by atoms with Crippen molar-refractivity contribution in [3.8, 4) is 16.9 Å². The van der Waals surface area contributed by atoms with E-state index in [4.69, 9.17) is 19.3 Å². The molecule has 0 amide bonds. The first-order valence-corrected chi connectivity index (χ1v) is 14.8. The van der Waals surface area contributed by atoms with Gasteiger partial charge in [-0.25, -0.2) is 9.37 Å². The molecular weight excluding hydrogens is 551 g/mol. The van der Waals surface area contributed by atoms with Gasteiger partial charge in [0, 0.05) is 36.8 Å². The minimum Gasteiger partial charge on any atom is -0.490 e. The van der Waals surface area contributed by atoms with E-state index in [9.17, 15) is 9.90 Å². The minimum absolute atomic E-state index is 0.0891. The normalized spacial score (nSPS) is 18.8. The Balaban J connectivity index is 1.67. The lowest BCUT2D eigenvalue weighted by Crippen LogP contribution is -2.47. The Bertz CT molecular complexity index is 1640. The predicted octanol–water partition coefficient (Wildman–Crippen LogP) is 6.16. The number of aryl methyl sites for hydroxylation is 2. The third-order valence-corrected chi connectivity index (χ3v) is 8.35. The molecule has 5 rings (SSSR count). The highest BCUT2D eigenvalue weighted by atomic mass is 19.1. The van der Waals surface area contributed by atoms with Crippen LogP contribution < -0.4 is 4.74 Å². The maximum absolute atomic E-state index is 15.5. The van der Waals surface area contributed by atoms with E-state index < -0.39 is 11.8 Å². The van der Waals surface area contributed by atoms with Crippen molar-refractivity contribution in [3.05, 3.63) is 51.6 Å². The number of fused-ring (bicyclic) bond motifs is 2. The van der Waals surface area contributed by atoms with Gasteiger partial charge in [0.1, 0.15) is 11.5 Å². The standard InChI is InChI=1S/C33H41FN4O5/c1-17(2)31(43-36-22(7)38-15-18(3)42-19(4)16-38)28-13-26-30(25(14-29(39)40)21(6)35-33(26)37(28)8)24-12-27(34)32-23(20(24)5)10-9-11-41-32/h12-13,18-19H,9-11,14-16H2,1-8H3,(H,39,40)/b36-22+. The zero-order valence-corrected chi connectivity index (χ0v) is 26.3. The molecule has 0 bridgehead atoms. The van der Waals surface area contributed by atoms with Gasteiger partial charge in [0.05, 0.1) is 30.9 Å². The van der Waals surface area contributed by atoms with Gasteiger partial charge in [-0.15, -0.1) is 0 Å². The third-order valence-electron chi connectivity index (χ3n) is 8.35. The van der Waals surface area contributed by atoms with Crippen LogP contribution in [-0.4, -0.2) is 63.3 Å². The minimum atomic E-state index is -0.981. The van der Waals surface area contributed by atoms with Crippen LogP contribution in [0.2, 0.25) is 0 Å². The van der Waals surface area contributed by atoms with Crippen molar-refractivity contribution in [2.24, 2.45) is 12.2 Å². The van der Waals surface area contributed by atoms with E-state index in [0.29, 0.717) is 52.6 Å². The van der Waals surface area contributed by atoms with Gasteiger partial charge in [0.25, 0.3) is 0 Å². The Kier molecular flexibility index (Phi) is 8.51. The molecule has 1 N–H and O–H groups in total. The SMILES string of the molecule is CC(C)=C(O/N=C(\C)N1CC(C)OC(C)C1)c1cc2c(-c3cc(F)c4c(c3C)CCCO4)c(CC(=O)O)c(C)nc2n1C. The fraction of sp³-hybridized carbons (Fsp3) is 0.485. The van der Waals surface area contributed by atoms with E-state index in [-0.39, 0.29) is 18.6 Å². The van der Waals surface area contributed by atoms with Crippen molar-refractivity contribution in [3.63, 3.8) is 0 Å². The quantitative estimate of drug-likeness (QED) is 0.158. The summed E-state index contributed by atoms with van der Waals surface area (Å²) in [6.07, 6.45) is 1.43. The van der Waals surface area contributed by atoms with Gasteiger partial charge in [-0.1, -0.05) is 5.16 Å². The van der Waals surface area contributed by atoms with Gasteiger partial charge in [-0.05, 0) is 101 Å². The summed E-state index contributed by atoms with van der Waals surface area (Å²) in [5, 5.41) is 15.1. The molecule has 0 aliphatic carbocycles. The lowest BCUT2D eigenvalue weighted by Gasteiger charge is -2.36. The number of hydrogen-bond donors (Lipinski definition) is 1. The summed E-state index contributed by atoms with van der Waals surface area (Å²) in [7, 11) is 1.90. The number of rotatable bonds is 6. The number of nitrogens with zero attached hydrogens (tertiary/aromatic N) is 4. The number of aromatic nitrogens is 2. The number of ether oxygens (including phenoxy) is 2. The molecule has 0 spiro atoms. The molecule has 230 valence electrons. The van der Waals surface area contributed by atoms with Crippen LogP contribution in [0.25, 0.3) is 27.9 Å². The van der Waals surface area contributed by atoms with E-state index in [0.717, 1.165) is 53.1 Å². The number of amidine groups is 1. The van der Waals surface area contributed by atoms with Crippen LogP contribution in [0.1, 0.15) is 69.1 Å². The second-order valence-corrected chi connectivity index (χ2v) is 12.0. The number of carboxylic acid groups (broad SMARTS) is 1. The number of pyridine rings is 1. The van der Waals surface area contributed by atoms with E-state index >= 15 is 4.39 Å². The molecule has 2 unspecified atom stereocenters. The largest absolute Gasteiger partial charge is 0.490 e. The average molecular weight is 593 g/mol. The number of hydrogen-bond acceptors (Lipinski definition) is 6. The average Bonchev–Trinajstić information content (AvgIpc) is 3.25. The molecule has 2 atom stereocenters. The maximum Gasteiger partial charge on any atom is 0.307 e. The Morgan fingerprint density at radius 2 is 1.88 bits per heavy atom. The fourth-order valence-corrected chi connectivity index (χ4v) is 6.30. The lowest BCUT2D eigenvalue weighted by atomic mass is 9.87. The molecule has 3 aromatic rings. The van der Waals surface area contributed by atoms with E-state index in [1.165, 1.54) is 6.07 Å². The van der Waals surface area contributed by atoms with Gasteiger partial charge < -0.3 is 28.9 Å². The van der Waals surface area contributed by atoms with E-state index in [1.807, 2.05) is 59.2 Å². The molecule has 1 saturated heterocycles. The maximum atomic E-state index is 15.5. The number of aliphatic carboxylic acids is 1. The van der Waals surface area contributed by atoms with E-state index in [2.05, 4.69) is 10.1 Å². The Morgan fingerprint density at radius 3 is 2.53 bits per heavy atom. The zero-order valence-electron chi connectivity index (χ0n) is 26.3. The van der Waals surface area contributed by atoms with Crippen molar-refractivity contribution in [2.75, 3.05) is 19.7 Å². The summed E-state index contributed by atoms with van der Waals surface area (Å²) in [4.78, 5) is 25.2. The number of morpholine rings is 1. The van der Waals surface area contributed by atoms with Crippen molar-refractivity contribution < 1.29 is 28.6 Å². The number of halogens is 1. The third kappa shape index (κ3) is 5.85. The van der Waals surface area contributed by atoms with Gasteiger partial charge in [-0.3, -0.25) is 4.79 Å². The number of benzene rings is 1. The summed E-state index contributed by atoms with van der Waals surface area (Å²) in [5.41, 5.74) is 6.44. The molecule has 0 radical (unpaired) electrons. The summed E-state index contributed by atoms with van der Waals surface area (Å²) in [6.45, 7) is 15.6. The number of allylic oxidation sites excluding steroid dienone is 1. The fourth-order valence-electron chi connectivity index (χ4n) is 6.30. The summed E-state index contributed by atoms with van der Waals surface area (Å²) < 4.78 is 28.9. The Hall–Kier alpha value is -3.92. The second kappa shape index (κ2) is 12.0. The molecule has 43 heavy (non-hydrogen) atoms. The number of carbonyl (C=O) groups is 1. The highest BCUT2D eigenvalue weighted by molar-refractivity contribution is 6.00. The summed E-state index contributed by atoms with van der Waals surface area (Å²) in [6, 6.07) is 3.42. The van der Waals surface area contributed by atoms with Gasteiger partial charge in [0.15, 0.2) is 17.3 Å². The van der Waals surface area contributed by atoms with Gasteiger partial charge >= 0.3 is 5.97 Å². The molecule has 10 heteroatoms. The van der Waals surface area contributed by atoms with Crippen LogP contribution in [0.4, 0.5) is 4.39 Å². The first kappa shape index (κ1) is 30.5. The van der Waals surface area contributed by atoms with Gasteiger partial charge in [-0.2, -0.15) is 0 Å². The molecule has 2 aliphatic heterocycles. The Labute approximate surface area is 251 Å². The zero-order chi connectivity index (χ0) is 31.2. The van der Waals surface area contributed by atoms with Crippen LogP contribution in [0, 0.1) is 19.7 Å². The predicted molar refractivity (Wildman–Crippen MR) is 165 cm³/mol. The molecular formula is C33H41FN4O5. The molecule has 4 heterocycles. The molecule has 2 aliphatic rings. The molecule has 9 nitrogen and oxygen atoms in total. The number of oxime groups is 1. The Morgan fingerprint density at radius 1 is 1.19 bits per heavy atom. The highest BCUT2D eigenvalue weighted by Crippen LogP contribution is 2.43. The molecule has 1 fully saturated rings. The first-order valence-electron chi connectivity index (χ1n) is 14.8. The van der Waals surface area contributed by atoms with Crippen LogP contribution in [0.5, 0.6) is 5.75 Å². The molecule has 1 aromatic carbocycles. The summed E-state index contributed by atoms with van der Waals surface area (Å²) >= 11 is 0. The van der Waals surface area contributed by atoms with Crippen molar-refractivity contribution in [2.45, 2.75) is 79.9 Å². The van der Waals surface area contributed by atoms with Crippen LogP contribution in [-0.2, 0) is 34.3 Å². The van der Waals surface area contributed by atoms with Crippen molar-refractivity contribution in [1.29, 1.82) is 0 Å². The monoisotopic (exact) mass is 592 g/mol. The van der Waals surface area contributed by atoms with Crippen molar-refractivity contribution in [1.82, 2.24) is 14.5 Å². The van der Waals surface area contributed by atoms with Crippen LogP contribution in [0.15, 0.2) is 22.9 Å².